The lowest BCUT2D eigenvalue weighted by Gasteiger charge is -2.23. The van der Waals surface area contributed by atoms with Crippen LogP contribution in [0.5, 0.6) is 0 Å². The molecule has 0 aromatic heterocycles. The third-order valence-corrected chi connectivity index (χ3v) is 5.13. The van der Waals surface area contributed by atoms with E-state index in [1.807, 2.05) is 67.6 Å². The number of hydrazone groups is 1. The summed E-state index contributed by atoms with van der Waals surface area (Å²) in [6.07, 6.45) is 3.99. The van der Waals surface area contributed by atoms with Crippen molar-refractivity contribution >= 4 is 11.6 Å². The summed E-state index contributed by atoms with van der Waals surface area (Å²) in [7, 11) is 0. The predicted octanol–water partition coefficient (Wildman–Crippen LogP) is 5.22. The first-order valence-corrected chi connectivity index (χ1v) is 9.35. The highest BCUT2D eigenvalue weighted by atomic mass is 16.2. The van der Waals surface area contributed by atoms with Crippen LogP contribution in [0.4, 0.5) is 0 Å². The van der Waals surface area contributed by atoms with Crippen molar-refractivity contribution in [3.8, 4) is 0 Å². The number of rotatable bonds is 5. The topological polar surface area (TPSA) is 41.5 Å². The lowest BCUT2D eigenvalue weighted by molar-refractivity contribution is -0.121. The van der Waals surface area contributed by atoms with E-state index in [0.29, 0.717) is 5.92 Å². The van der Waals surface area contributed by atoms with Crippen LogP contribution in [0.3, 0.4) is 0 Å². The van der Waals surface area contributed by atoms with Crippen LogP contribution < -0.4 is 5.43 Å². The van der Waals surface area contributed by atoms with Gasteiger partial charge in [-0.1, -0.05) is 78.9 Å². The SMILES string of the molecule is C=C(C)[C@@H]1CC=C(C)C(=NNC(=O)C(c2ccccc2)c2ccccc2)C1. The highest BCUT2D eigenvalue weighted by molar-refractivity contribution is 6.01. The summed E-state index contributed by atoms with van der Waals surface area (Å²) in [5.41, 5.74) is 7.95. The van der Waals surface area contributed by atoms with Gasteiger partial charge in [0, 0.05) is 0 Å². The van der Waals surface area contributed by atoms with Gasteiger partial charge in [0.05, 0.1) is 11.6 Å². The van der Waals surface area contributed by atoms with Gasteiger partial charge in [0.1, 0.15) is 0 Å². The second kappa shape index (κ2) is 8.63. The molecule has 0 radical (unpaired) electrons. The molecule has 3 rings (SSSR count). The number of allylic oxidation sites excluding steroid dienone is 3. The minimum Gasteiger partial charge on any atom is -0.272 e. The Morgan fingerprint density at radius 2 is 1.63 bits per heavy atom. The van der Waals surface area contributed by atoms with Crippen molar-refractivity contribution in [2.24, 2.45) is 11.0 Å². The number of amides is 1. The fraction of sp³-hybridized carbons (Fsp3) is 0.250. The number of hydrogen-bond acceptors (Lipinski definition) is 2. The maximum atomic E-state index is 13.1. The molecule has 1 N–H and O–H groups in total. The number of benzene rings is 2. The van der Waals surface area contributed by atoms with Crippen molar-refractivity contribution in [3.05, 3.63) is 95.6 Å². The van der Waals surface area contributed by atoms with Gasteiger partial charge >= 0.3 is 0 Å². The second-order valence-corrected chi connectivity index (χ2v) is 7.16. The zero-order valence-corrected chi connectivity index (χ0v) is 16.0. The molecule has 2 aromatic carbocycles. The fourth-order valence-electron chi connectivity index (χ4n) is 3.40. The first kappa shape index (κ1) is 18.8. The second-order valence-electron chi connectivity index (χ2n) is 7.16. The number of carbonyl (C=O) groups is 1. The molecule has 1 amide bonds. The van der Waals surface area contributed by atoms with Gasteiger partial charge in [0.25, 0.3) is 5.91 Å². The van der Waals surface area contributed by atoms with E-state index in [2.05, 4.69) is 30.1 Å². The maximum absolute atomic E-state index is 13.1. The third kappa shape index (κ3) is 4.62. The van der Waals surface area contributed by atoms with E-state index < -0.39 is 0 Å². The van der Waals surface area contributed by atoms with Crippen LogP contribution >= 0.6 is 0 Å². The predicted molar refractivity (Wildman–Crippen MR) is 112 cm³/mol. The normalized spacial score (nSPS) is 18.3. The quantitative estimate of drug-likeness (QED) is 0.577. The summed E-state index contributed by atoms with van der Waals surface area (Å²) in [4.78, 5) is 13.1. The van der Waals surface area contributed by atoms with Gasteiger partial charge in [0.15, 0.2) is 0 Å². The number of carbonyl (C=O) groups excluding carboxylic acids is 1. The molecular weight excluding hydrogens is 332 g/mol. The van der Waals surface area contributed by atoms with Crippen LogP contribution in [0.15, 0.2) is 89.6 Å². The van der Waals surface area contributed by atoms with E-state index in [4.69, 9.17) is 0 Å². The number of hydrogen-bond donors (Lipinski definition) is 1. The molecule has 1 aliphatic carbocycles. The Morgan fingerprint density at radius 3 is 2.15 bits per heavy atom. The molecule has 1 aliphatic rings. The molecule has 1 atom stereocenters. The first-order chi connectivity index (χ1) is 13.1. The van der Waals surface area contributed by atoms with Crippen LogP contribution in [-0.2, 0) is 4.79 Å². The maximum Gasteiger partial charge on any atom is 0.252 e. The van der Waals surface area contributed by atoms with Crippen molar-refractivity contribution < 1.29 is 4.79 Å². The van der Waals surface area contributed by atoms with Crippen molar-refractivity contribution in [2.75, 3.05) is 0 Å². The fourth-order valence-corrected chi connectivity index (χ4v) is 3.40. The van der Waals surface area contributed by atoms with E-state index >= 15 is 0 Å². The van der Waals surface area contributed by atoms with Crippen LogP contribution in [0, 0.1) is 5.92 Å². The molecular formula is C24H26N2O. The van der Waals surface area contributed by atoms with Gasteiger partial charge in [-0.25, -0.2) is 5.43 Å². The van der Waals surface area contributed by atoms with Gasteiger partial charge in [-0.3, -0.25) is 4.79 Å². The summed E-state index contributed by atoms with van der Waals surface area (Å²) >= 11 is 0. The lowest BCUT2D eigenvalue weighted by Crippen LogP contribution is -2.28. The van der Waals surface area contributed by atoms with Gasteiger partial charge in [-0.15, -0.1) is 0 Å². The highest BCUT2D eigenvalue weighted by Crippen LogP contribution is 2.27. The van der Waals surface area contributed by atoms with Crippen molar-refractivity contribution in [2.45, 2.75) is 32.6 Å². The Kier molecular flexibility index (Phi) is 6.02. The Labute approximate surface area is 161 Å². The van der Waals surface area contributed by atoms with Gasteiger partial charge < -0.3 is 0 Å². The molecule has 0 saturated heterocycles. The first-order valence-electron chi connectivity index (χ1n) is 9.35. The molecule has 0 fully saturated rings. The molecule has 138 valence electrons. The molecule has 0 saturated carbocycles. The monoisotopic (exact) mass is 358 g/mol. The summed E-state index contributed by atoms with van der Waals surface area (Å²) < 4.78 is 0. The van der Waals surface area contributed by atoms with Crippen LogP contribution in [0.1, 0.15) is 43.7 Å². The summed E-state index contributed by atoms with van der Waals surface area (Å²) in [5.74, 6) is -0.116. The minimum atomic E-state index is -0.387. The van der Waals surface area contributed by atoms with E-state index in [1.54, 1.807) is 0 Å². The standard InChI is InChI=1S/C24H26N2O/c1-17(2)21-15-14-18(3)22(16-21)25-26-24(27)23(19-10-6-4-7-11-19)20-12-8-5-9-13-20/h4-14,21,23H,1,15-16H2,2-3H3,(H,26,27)/t21-/m1/s1. The molecule has 0 spiro atoms. The summed E-state index contributed by atoms with van der Waals surface area (Å²) in [6, 6.07) is 19.6. The smallest absolute Gasteiger partial charge is 0.252 e. The Hall–Kier alpha value is -2.94. The van der Waals surface area contributed by atoms with Crippen molar-refractivity contribution in [1.82, 2.24) is 5.43 Å². The van der Waals surface area contributed by atoms with E-state index in [1.165, 1.54) is 0 Å². The summed E-state index contributed by atoms with van der Waals surface area (Å²) in [5, 5.41) is 4.48. The average Bonchev–Trinajstić information content (AvgIpc) is 2.69. The highest BCUT2D eigenvalue weighted by Gasteiger charge is 2.23. The van der Waals surface area contributed by atoms with Gasteiger partial charge in [-0.2, -0.15) is 5.10 Å². The third-order valence-electron chi connectivity index (χ3n) is 5.13. The average molecular weight is 358 g/mol. The Morgan fingerprint density at radius 1 is 1.07 bits per heavy atom. The molecule has 3 nitrogen and oxygen atoms in total. The van der Waals surface area contributed by atoms with Crippen molar-refractivity contribution in [3.63, 3.8) is 0 Å². The number of nitrogens with one attached hydrogen (secondary N) is 1. The van der Waals surface area contributed by atoms with Crippen LogP contribution in [0.25, 0.3) is 0 Å². The Bertz CT molecular complexity index is 826. The molecule has 0 bridgehead atoms. The summed E-state index contributed by atoms with van der Waals surface area (Å²) in [6.45, 7) is 8.17. The largest absolute Gasteiger partial charge is 0.272 e. The van der Waals surface area contributed by atoms with Crippen LogP contribution in [-0.4, -0.2) is 11.6 Å². The molecule has 0 unspecified atom stereocenters. The number of nitrogens with zero attached hydrogens (tertiary/aromatic N) is 1. The molecule has 3 heteroatoms. The van der Waals surface area contributed by atoms with Gasteiger partial charge in [0.2, 0.25) is 0 Å². The molecule has 0 aliphatic heterocycles. The van der Waals surface area contributed by atoms with E-state index in [0.717, 1.165) is 40.8 Å². The van der Waals surface area contributed by atoms with Crippen LogP contribution in [0.2, 0.25) is 0 Å². The van der Waals surface area contributed by atoms with E-state index in [9.17, 15) is 4.79 Å². The zero-order chi connectivity index (χ0) is 19.2. The zero-order valence-electron chi connectivity index (χ0n) is 16.0. The van der Waals surface area contributed by atoms with Gasteiger partial charge in [-0.05, 0) is 49.3 Å². The van der Waals surface area contributed by atoms with Crippen molar-refractivity contribution in [1.29, 1.82) is 0 Å². The molecule has 2 aromatic rings. The van der Waals surface area contributed by atoms with E-state index in [-0.39, 0.29) is 11.8 Å². The minimum absolute atomic E-state index is 0.120. The Balaban J connectivity index is 1.84. The lowest BCUT2D eigenvalue weighted by atomic mass is 9.85. The molecule has 27 heavy (non-hydrogen) atoms. The molecule has 0 heterocycles.